The summed E-state index contributed by atoms with van der Waals surface area (Å²) in [6.07, 6.45) is 13.2. The van der Waals surface area contributed by atoms with Crippen LogP contribution in [0.3, 0.4) is 0 Å². The van der Waals surface area contributed by atoms with E-state index in [4.69, 9.17) is 11.5 Å². The van der Waals surface area contributed by atoms with E-state index >= 15 is 0 Å². The molecule has 0 heterocycles. The van der Waals surface area contributed by atoms with E-state index in [-0.39, 0.29) is 0 Å². The SMILES string of the molecule is C1CCCCC1.C=C1CCCCC1(N)N. The Bertz CT molecular complexity index is 181. The normalized spacial score (nSPS) is 25.3. The van der Waals surface area contributed by atoms with Crippen LogP contribution in [0.5, 0.6) is 0 Å². The highest BCUT2D eigenvalue weighted by molar-refractivity contribution is 5.14. The Hall–Kier alpha value is -0.340. The second-order valence-corrected chi connectivity index (χ2v) is 4.97. The van der Waals surface area contributed by atoms with Crippen LogP contribution in [-0.4, -0.2) is 5.66 Å². The maximum Gasteiger partial charge on any atom is 0.0855 e. The van der Waals surface area contributed by atoms with Gasteiger partial charge in [0.2, 0.25) is 0 Å². The fraction of sp³-hybridized carbons (Fsp3) is 0.846. The van der Waals surface area contributed by atoms with Crippen LogP contribution in [0.1, 0.15) is 64.2 Å². The zero-order valence-corrected chi connectivity index (χ0v) is 9.93. The van der Waals surface area contributed by atoms with Gasteiger partial charge in [0.1, 0.15) is 0 Å². The van der Waals surface area contributed by atoms with Gasteiger partial charge in [-0.05, 0) is 31.3 Å². The highest BCUT2D eigenvalue weighted by Crippen LogP contribution is 2.25. The lowest BCUT2D eigenvalue weighted by Crippen LogP contribution is -2.52. The van der Waals surface area contributed by atoms with E-state index in [0.717, 1.165) is 24.8 Å². The van der Waals surface area contributed by atoms with Crippen molar-refractivity contribution >= 4 is 0 Å². The molecule has 4 N–H and O–H groups in total. The lowest BCUT2D eigenvalue weighted by Gasteiger charge is -2.31. The van der Waals surface area contributed by atoms with E-state index in [1.165, 1.54) is 44.9 Å². The molecule has 2 rings (SSSR count). The van der Waals surface area contributed by atoms with Crippen LogP contribution < -0.4 is 11.5 Å². The third kappa shape index (κ3) is 4.80. The standard InChI is InChI=1S/C7H14N2.C6H12/c1-6-4-2-3-5-7(6,8)9;1-2-4-6-5-3-1/h1-5,8-9H2;1-6H2. The minimum absolute atomic E-state index is 0.557. The fourth-order valence-corrected chi connectivity index (χ4v) is 2.23. The Balaban J connectivity index is 0.000000162. The van der Waals surface area contributed by atoms with Gasteiger partial charge in [0.15, 0.2) is 0 Å². The minimum atomic E-state index is -0.557. The van der Waals surface area contributed by atoms with Crippen molar-refractivity contribution in [2.24, 2.45) is 11.5 Å². The molecule has 2 aliphatic rings. The zero-order valence-electron chi connectivity index (χ0n) is 9.93. The van der Waals surface area contributed by atoms with Crippen molar-refractivity contribution in [2.45, 2.75) is 69.9 Å². The van der Waals surface area contributed by atoms with E-state index < -0.39 is 5.66 Å². The average Bonchev–Trinajstić information content (AvgIpc) is 2.26. The molecule has 2 fully saturated rings. The van der Waals surface area contributed by atoms with Gasteiger partial charge < -0.3 is 11.5 Å². The molecule has 2 nitrogen and oxygen atoms in total. The Morgan fingerprint density at radius 2 is 1.27 bits per heavy atom. The Labute approximate surface area is 94.1 Å². The molecule has 2 heteroatoms. The third-order valence-corrected chi connectivity index (χ3v) is 3.48. The van der Waals surface area contributed by atoms with Gasteiger partial charge in [0.25, 0.3) is 0 Å². The van der Waals surface area contributed by atoms with Crippen molar-refractivity contribution in [3.8, 4) is 0 Å². The molecule has 0 spiro atoms. The van der Waals surface area contributed by atoms with E-state index in [2.05, 4.69) is 6.58 Å². The van der Waals surface area contributed by atoms with Gasteiger partial charge in [-0.25, -0.2) is 0 Å². The summed E-state index contributed by atoms with van der Waals surface area (Å²) in [5, 5.41) is 0. The Morgan fingerprint density at radius 1 is 0.800 bits per heavy atom. The molecule has 0 bridgehead atoms. The highest BCUT2D eigenvalue weighted by Gasteiger charge is 2.25. The largest absolute Gasteiger partial charge is 0.310 e. The summed E-state index contributed by atoms with van der Waals surface area (Å²) in [6, 6.07) is 0. The van der Waals surface area contributed by atoms with Crippen LogP contribution in [0.4, 0.5) is 0 Å². The zero-order chi connectivity index (χ0) is 11.1. The molecule has 0 aromatic carbocycles. The molecule has 0 atom stereocenters. The van der Waals surface area contributed by atoms with Crippen molar-refractivity contribution in [3.63, 3.8) is 0 Å². The first-order chi connectivity index (χ1) is 7.13. The van der Waals surface area contributed by atoms with Crippen molar-refractivity contribution < 1.29 is 0 Å². The van der Waals surface area contributed by atoms with Crippen molar-refractivity contribution in [2.75, 3.05) is 0 Å². The molecule has 0 saturated heterocycles. The fourth-order valence-electron chi connectivity index (χ4n) is 2.23. The molecule has 2 saturated carbocycles. The van der Waals surface area contributed by atoms with Gasteiger partial charge in [0.05, 0.1) is 5.66 Å². The van der Waals surface area contributed by atoms with E-state index in [1.54, 1.807) is 0 Å². The second kappa shape index (κ2) is 6.29. The van der Waals surface area contributed by atoms with E-state index in [0.29, 0.717) is 0 Å². The first-order valence-electron chi connectivity index (χ1n) is 6.39. The number of nitrogens with two attached hydrogens (primary N) is 2. The molecule has 0 aromatic heterocycles. The topological polar surface area (TPSA) is 52.0 Å². The molecule has 0 amide bonds. The third-order valence-electron chi connectivity index (χ3n) is 3.48. The van der Waals surface area contributed by atoms with Gasteiger partial charge >= 0.3 is 0 Å². The molecular formula is C13H26N2. The number of hydrogen-bond donors (Lipinski definition) is 2. The van der Waals surface area contributed by atoms with Gasteiger partial charge in [-0.1, -0.05) is 45.1 Å². The summed E-state index contributed by atoms with van der Waals surface area (Å²) in [5.41, 5.74) is 11.8. The maximum atomic E-state index is 5.70. The molecule has 0 aromatic rings. The number of hydrogen-bond acceptors (Lipinski definition) is 2. The number of rotatable bonds is 0. The maximum absolute atomic E-state index is 5.70. The van der Waals surface area contributed by atoms with Crippen LogP contribution in [0.15, 0.2) is 12.2 Å². The summed E-state index contributed by atoms with van der Waals surface area (Å²) >= 11 is 0. The van der Waals surface area contributed by atoms with E-state index in [1.807, 2.05) is 0 Å². The Morgan fingerprint density at radius 3 is 1.53 bits per heavy atom. The molecule has 0 radical (unpaired) electrons. The summed E-state index contributed by atoms with van der Waals surface area (Å²) in [6.45, 7) is 3.82. The summed E-state index contributed by atoms with van der Waals surface area (Å²) in [4.78, 5) is 0. The molecule has 0 aliphatic heterocycles. The smallest absolute Gasteiger partial charge is 0.0855 e. The van der Waals surface area contributed by atoms with Gasteiger partial charge in [-0.2, -0.15) is 0 Å². The van der Waals surface area contributed by atoms with Gasteiger partial charge in [-0.15, -0.1) is 0 Å². The lowest BCUT2D eigenvalue weighted by atomic mass is 9.86. The van der Waals surface area contributed by atoms with Crippen LogP contribution in [-0.2, 0) is 0 Å². The van der Waals surface area contributed by atoms with Crippen molar-refractivity contribution in [1.29, 1.82) is 0 Å². The quantitative estimate of drug-likeness (QED) is 0.477. The van der Waals surface area contributed by atoms with Crippen LogP contribution in [0, 0.1) is 0 Å². The molecule has 2 aliphatic carbocycles. The van der Waals surface area contributed by atoms with Crippen LogP contribution in [0.25, 0.3) is 0 Å². The Kier molecular flexibility index (Phi) is 5.34. The molecule has 88 valence electrons. The van der Waals surface area contributed by atoms with Gasteiger partial charge in [0, 0.05) is 0 Å². The molecule has 15 heavy (non-hydrogen) atoms. The molecule has 0 unspecified atom stereocenters. The van der Waals surface area contributed by atoms with Crippen LogP contribution >= 0.6 is 0 Å². The highest BCUT2D eigenvalue weighted by atomic mass is 15.0. The van der Waals surface area contributed by atoms with E-state index in [9.17, 15) is 0 Å². The first-order valence-corrected chi connectivity index (χ1v) is 6.39. The minimum Gasteiger partial charge on any atom is -0.310 e. The van der Waals surface area contributed by atoms with Crippen molar-refractivity contribution in [1.82, 2.24) is 0 Å². The first kappa shape index (κ1) is 12.7. The summed E-state index contributed by atoms with van der Waals surface area (Å²) < 4.78 is 0. The second-order valence-electron chi connectivity index (χ2n) is 4.97. The monoisotopic (exact) mass is 210 g/mol. The summed E-state index contributed by atoms with van der Waals surface area (Å²) in [7, 11) is 0. The average molecular weight is 210 g/mol. The lowest BCUT2D eigenvalue weighted by molar-refractivity contribution is 0.397. The predicted octanol–water partition coefficient (Wildman–Crippen LogP) is 3.07. The van der Waals surface area contributed by atoms with Crippen LogP contribution in [0.2, 0.25) is 0 Å². The van der Waals surface area contributed by atoms with Gasteiger partial charge in [-0.3, -0.25) is 0 Å². The molecular weight excluding hydrogens is 184 g/mol. The summed E-state index contributed by atoms with van der Waals surface area (Å²) in [5.74, 6) is 0. The predicted molar refractivity (Wildman–Crippen MR) is 66.4 cm³/mol. The van der Waals surface area contributed by atoms with Crippen molar-refractivity contribution in [3.05, 3.63) is 12.2 Å².